The predicted molar refractivity (Wildman–Crippen MR) is 93.8 cm³/mol. The van der Waals surface area contributed by atoms with Gasteiger partial charge in [0.1, 0.15) is 5.75 Å². The van der Waals surface area contributed by atoms with E-state index in [0.717, 1.165) is 12.3 Å². The molecule has 0 radical (unpaired) electrons. The van der Waals surface area contributed by atoms with Gasteiger partial charge in [-0.1, -0.05) is 17.7 Å². The molecule has 23 heavy (non-hydrogen) atoms. The lowest BCUT2D eigenvalue weighted by Crippen LogP contribution is -2.32. The molecular formula is C18H28N4O. The smallest absolute Gasteiger partial charge is 0.123 e. The molecule has 1 aromatic heterocycles. The van der Waals surface area contributed by atoms with Gasteiger partial charge in [0, 0.05) is 43.0 Å². The van der Waals surface area contributed by atoms with Crippen molar-refractivity contribution in [3.05, 3.63) is 47.3 Å². The number of methoxy groups -OCH3 is 1. The Morgan fingerprint density at radius 3 is 2.65 bits per heavy atom. The van der Waals surface area contributed by atoms with E-state index in [1.165, 1.54) is 16.7 Å². The van der Waals surface area contributed by atoms with E-state index in [2.05, 4.69) is 61.6 Å². The zero-order valence-corrected chi connectivity index (χ0v) is 15.0. The zero-order chi connectivity index (χ0) is 17.0. The molecule has 1 heterocycles. The van der Waals surface area contributed by atoms with Crippen LogP contribution in [0.15, 0.2) is 30.6 Å². The molecule has 0 aliphatic heterocycles. The fraction of sp³-hybridized carbons (Fsp3) is 0.500. The van der Waals surface area contributed by atoms with Crippen molar-refractivity contribution < 1.29 is 4.74 Å². The van der Waals surface area contributed by atoms with E-state index in [4.69, 9.17) is 4.74 Å². The lowest BCUT2D eigenvalue weighted by molar-refractivity contribution is 0.280. The summed E-state index contributed by atoms with van der Waals surface area (Å²) in [6.45, 7) is 5.12. The topological polar surface area (TPSA) is 42.3 Å². The Hall–Kier alpha value is -1.85. The average molecular weight is 316 g/mol. The number of nitrogens with one attached hydrogen (secondary N) is 1. The van der Waals surface area contributed by atoms with E-state index in [1.807, 2.05) is 24.0 Å². The molecule has 0 aliphatic rings. The second-order valence-corrected chi connectivity index (χ2v) is 6.30. The van der Waals surface area contributed by atoms with Crippen molar-refractivity contribution in [2.45, 2.75) is 25.9 Å². The fourth-order valence-corrected chi connectivity index (χ4v) is 2.80. The molecule has 1 N–H and O–H groups in total. The van der Waals surface area contributed by atoms with Crippen molar-refractivity contribution in [2.24, 2.45) is 7.05 Å². The second kappa shape index (κ2) is 7.62. The largest absolute Gasteiger partial charge is 0.496 e. The molecule has 2 atom stereocenters. The van der Waals surface area contributed by atoms with Crippen LogP contribution in [0.3, 0.4) is 0 Å². The van der Waals surface area contributed by atoms with Crippen LogP contribution in [0.2, 0.25) is 0 Å². The van der Waals surface area contributed by atoms with Gasteiger partial charge in [-0.25, -0.2) is 0 Å². The van der Waals surface area contributed by atoms with Crippen molar-refractivity contribution in [2.75, 3.05) is 27.7 Å². The molecule has 0 bridgehead atoms. The highest BCUT2D eigenvalue weighted by Crippen LogP contribution is 2.27. The highest BCUT2D eigenvalue weighted by molar-refractivity contribution is 5.38. The van der Waals surface area contributed by atoms with E-state index in [1.54, 1.807) is 7.11 Å². The van der Waals surface area contributed by atoms with Gasteiger partial charge in [0.05, 0.1) is 13.3 Å². The number of likely N-dealkylation sites (N-methyl/N-ethyl adjacent to an activating group) is 1. The maximum Gasteiger partial charge on any atom is 0.123 e. The lowest BCUT2D eigenvalue weighted by atomic mass is 10.0. The van der Waals surface area contributed by atoms with Crippen molar-refractivity contribution >= 4 is 0 Å². The highest BCUT2D eigenvalue weighted by Gasteiger charge is 2.18. The van der Waals surface area contributed by atoms with Crippen LogP contribution >= 0.6 is 0 Å². The molecule has 5 nitrogen and oxygen atoms in total. The number of hydrogen-bond donors (Lipinski definition) is 1. The fourth-order valence-electron chi connectivity index (χ4n) is 2.80. The Bertz CT molecular complexity index is 636. The summed E-state index contributed by atoms with van der Waals surface area (Å²) in [7, 11) is 7.86. The summed E-state index contributed by atoms with van der Waals surface area (Å²) in [5.74, 6) is 0.929. The van der Waals surface area contributed by atoms with E-state index < -0.39 is 0 Å². The lowest BCUT2D eigenvalue weighted by Gasteiger charge is -2.26. The summed E-state index contributed by atoms with van der Waals surface area (Å²) >= 11 is 0. The number of aromatic nitrogens is 2. The van der Waals surface area contributed by atoms with Crippen LogP contribution in [0.5, 0.6) is 5.75 Å². The van der Waals surface area contributed by atoms with Crippen LogP contribution in [-0.2, 0) is 7.05 Å². The summed E-state index contributed by atoms with van der Waals surface area (Å²) in [4.78, 5) is 2.21. The standard InChI is InChI=1S/C18H28N4O/c1-13-7-8-18(23-6)16(9-13)14(2)19-11-17(21(3)4)15-10-20-22(5)12-15/h7-10,12,14,17,19H,11H2,1-6H3/t14-,17-/m1/s1. The predicted octanol–water partition coefficient (Wildman–Crippen LogP) is 2.69. The first kappa shape index (κ1) is 17.5. The van der Waals surface area contributed by atoms with Gasteiger partial charge in [0.15, 0.2) is 0 Å². The minimum absolute atomic E-state index is 0.212. The van der Waals surface area contributed by atoms with Crippen LogP contribution in [0.1, 0.15) is 35.7 Å². The number of benzene rings is 1. The highest BCUT2D eigenvalue weighted by atomic mass is 16.5. The van der Waals surface area contributed by atoms with Gasteiger partial charge < -0.3 is 15.0 Å². The molecule has 0 spiro atoms. The van der Waals surface area contributed by atoms with Crippen molar-refractivity contribution in [3.8, 4) is 5.75 Å². The van der Waals surface area contributed by atoms with E-state index in [-0.39, 0.29) is 12.1 Å². The zero-order valence-electron chi connectivity index (χ0n) is 15.0. The van der Waals surface area contributed by atoms with Crippen LogP contribution < -0.4 is 10.1 Å². The van der Waals surface area contributed by atoms with Crippen LogP contribution in [0.4, 0.5) is 0 Å². The quantitative estimate of drug-likeness (QED) is 0.853. The van der Waals surface area contributed by atoms with E-state index >= 15 is 0 Å². The molecule has 0 saturated heterocycles. The second-order valence-electron chi connectivity index (χ2n) is 6.30. The van der Waals surface area contributed by atoms with E-state index in [9.17, 15) is 0 Å². The molecule has 0 fully saturated rings. The number of ether oxygens (including phenoxy) is 1. The molecule has 1 aromatic carbocycles. The first-order valence-electron chi connectivity index (χ1n) is 7.95. The van der Waals surface area contributed by atoms with Crippen molar-refractivity contribution in [3.63, 3.8) is 0 Å². The first-order chi connectivity index (χ1) is 10.9. The van der Waals surface area contributed by atoms with Gasteiger partial charge in [-0.3, -0.25) is 4.68 Å². The first-order valence-corrected chi connectivity index (χ1v) is 7.95. The maximum atomic E-state index is 5.50. The Kier molecular flexibility index (Phi) is 5.80. The summed E-state index contributed by atoms with van der Waals surface area (Å²) in [6, 6.07) is 6.79. The Morgan fingerprint density at radius 2 is 2.09 bits per heavy atom. The van der Waals surface area contributed by atoms with Gasteiger partial charge in [0.25, 0.3) is 0 Å². The number of aryl methyl sites for hydroxylation is 2. The number of rotatable bonds is 7. The monoisotopic (exact) mass is 316 g/mol. The summed E-state index contributed by atoms with van der Waals surface area (Å²) < 4.78 is 7.35. The molecule has 2 rings (SSSR count). The van der Waals surface area contributed by atoms with Gasteiger partial charge >= 0.3 is 0 Å². The average Bonchev–Trinajstić information content (AvgIpc) is 2.93. The van der Waals surface area contributed by atoms with Crippen LogP contribution in [-0.4, -0.2) is 42.4 Å². The minimum Gasteiger partial charge on any atom is -0.496 e. The summed E-state index contributed by atoms with van der Waals surface area (Å²) in [5.41, 5.74) is 3.65. The SMILES string of the molecule is COc1ccc(C)cc1[C@@H](C)NC[C@H](c1cnn(C)c1)N(C)C. The van der Waals surface area contributed by atoms with Gasteiger partial charge in [-0.2, -0.15) is 5.10 Å². The van der Waals surface area contributed by atoms with Crippen molar-refractivity contribution in [1.82, 2.24) is 20.0 Å². The van der Waals surface area contributed by atoms with Gasteiger partial charge in [-0.05, 0) is 34.0 Å². The molecule has 2 aromatic rings. The maximum absolute atomic E-state index is 5.50. The third-order valence-corrected chi connectivity index (χ3v) is 4.20. The molecule has 0 saturated carbocycles. The molecule has 0 aliphatic carbocycles. The Morgan fingerprint density at radius 1 is 1.35 bits per heavy atom. The molecule has 126 valence electrons. The van der Waals surface area contributed by atoms with Gasteiger partial charge in [-0.15, -0.1) is 0 Å². The number of nitrogens with zero attached hydrogens (tertiary/aromatic N) is 3. The minimum atomic E-state index is 0.212. The van der Waals surface area contributed by atoms with E-state index in [0.29, 0.717) is 0 Å². The Labute approximate surface area is 139 Å². The summed E-state index contributed by atoms with van der Waals surface area (Å²) in [5, 5.41) is 7.92. The molecule has 0 unspecified atom stereocenters. The molecular weight excluding hydrogens is 288 g/mol. The molecule has 5 heteroatoms. The van der Waals surface area contributed by atoms with Crippen molar-refractivity contribution in [1.29, 1.82) is 0 Å². The normalized spacial score (nSPS) is 14.0. The Balaban J connectivity index is 2.10. The third kappa shape index (κ3) is 4.33. The van der Waals surface area contributed by atoms with Crippen LogP contribution in [0, 0.1) is 6.92 Å². The summed E-state index contributed by atoms with van der Waals surface area (Å²) in [6.07, 6.45) is 4.01. The van der Waals surface area contributed by atoms with Gasteiger partial charge in [0.2, 0.25) is 0 Å². The molecule has 0 amide bonds. The third-order valence-electron chi connectivity index (χ3n) is 4.20. The van der Waals surface area contributed by atoms with Crippen LogP contribution in [0.25, 0.3) is 0 Å². The number of hydrogen-bond acceptors (Lipinski definition) is 4.